The van der Waals surface area contributed by atoms with Gasteiger partial charge in [-0.1, -0.05) is 24.3 Å². The van der Waals surface area contributed by atoms with E-state index in [1.165, 1.54) is 11.1 Å². The van der Waals surface area contributed by atoms with E-state index >= 15 is 0 Å². The van der Waals surface area contributed by atoms with Gasteiger partial charge < -0.3 is 14.1 Å². The summed E-state index contributed by atoms with van der Waals surface area (Å²) in [4.78, 5) is 14.7. The molecule has 24 heavy (non-hydrogen) atoms. The van der Waals surface area contributed by atoms with E-state index in [1.807, 2.05) is 17.0 Å². The minimum Gasteiger partial charge on any atom is -0.423 e. The Morgan fingerprint density at radius 1 is 1.25 bits per heavy atom. The lowest BCUT2D eigenvalue weighted by Gasteiger charge is -2.31. The first-order valence-electron chi connectivity index (χ1n) is 8.39. The van der Waals surface area contributed by atoms with Crippen molar-refractivity contribution in [3.05, 3.63) is 47.2 Å². The molecule has 3 atom stereocenters. The topological polar surface area (TPSA) is 68.5 Å². The molecule has 2 fully saturated rings. The Bertz CT molecular complexity index is 757. The molecule has 1 saturated heterocycles. The van der Waals surface area contributed by atoms with Gasteiger partial charge >= 0.3 is 0 Å². The minimum atomic E-state index is -0.320. The summed E-state index contributed by atoms with van der Waals surface area (Å²) in [5.41, 5.74) is 2.56. The predicted octanol–water partition coefficient (Wildman–Crippen LogP) is 2.39. The van der Waals surface area contributed by atoms with Crippen LogP contribution in [0.2, 0.25) is 0 Å². The summed E-state index contributed by atoms with van der Waals surface area (Å²) in [7, 11) is 0. The highest BCUT2D eigenvalue weighted by Gasteiger charge is 2.47. The summed E-state index contributed by atoms with van der Waals surface area (Å²) in [6.45, 7) is 5.47. The number of rotatable bonds is 3. The van der Waals surface area contributed by atoms with E-state index in [9.17, 15) is 4.79 Å². The lowest BCUT2D eigenvalue weighted by Crippen LogP contribution is -2.43. The number of nitrogens with zero attached hydrogens (tertiary/aromatic N) is 3. The molecule has 6 heteroatoms. The molecular formula is C18H21N3O3. The fraction of sp³-hybridized carbons (Fsp3) is 0.500. The van der Waals surface area contributed by atoms with E-state index < -0.39 is 0 Å². The summed E-state index contributed by atoms with van der Waals surface area (Å²) in [6.07, 6.45) is 0.616. The van der Waals surface area contributed by atoms with Gasteiger partial charge in [0, 0.05) is 19.4 Å². The first kappa shape index (κ1) is 15.3. The number of amides is 1. The highest BCUT2D eigenvalue weighted by atomic mass is 16.5. The van der Waals surface area contributed by atoms with E-state index in [4.69, 9.17) is 9.15 Å². The van der Waals surface area contributed by atoms with Gasteiger partial charge in [0.25, 0.3) is 0 Å². The van der Waals surface area contributed by atoms with Gasteiger partial charge in [-0.2, -0.15) is 0 Å². The van der Waals surface area contributed by atoms with Gasteiger partial charge in [-0.15, -0.1) is 10.2 Å². The third-order valence-corrected chi connectivity index (χ3v) is 4.89. The Morgan fingerprint density at radius 2 is 2.08 bits per heavy atom. The van der Waals surface area contributed by atoms with Crippen LogP contribution in [-0.2, 0) is 9.53 Å². The summed E-state index contributed by atoms with van der Waals surface area (Å²) in [6, 6.07) is 8.33. The molecular weight excluding hydrogens is 306 g/mol. The molecule has 0 N–H and O–H groups in total. The van der Waals surface area contributed by atoms with Crippen molar-refractivity contribution >= 4 is 5.91 Å². The number of hydrogen-bond acceptors (Lipinski definition) is 5. The molecule has 1 aromatic carbocycles. The highest BCUT2D eigenvalue weighted by molar-refractivity contribution is 5.83. The molecule has 0 bridgehead atoms. The average molecular weight is 327 g/mol. The van der Waals surface area contributed by atoms with E-state index in [0.29, 0.717) is 37.4 Å². The van der Waals surface area contributed by atoms with Gasteiger partial charge in [0.15, 0.2) is 6.10 Å². The Labute approximate surface area is 140 Å². The van der Waals surface area contributed by atoms with E-state index in [-0.39, 0.29) is 17.9 Å². The zero-order chi connectivity index (χ0) is 16.7. The molecule has 1 aliphatic carbocycles. The van der Waals surface area contributed by atoms with Gasteiger partial charge in [-0.3, -0.25) is 4.79 Å². The maximum atomic E-state index is 12.8. The maximum Gasteiger partial charge on any atom is 0.246 e. The molecule has 1 aromatic heterocycles. The first-order valence-corrected chi connectivity index (χ1v) is 8.39. The van der Waals surface area contributed by atoms with Gasteiger partial charge in [0.05, 0.1) is 13.2 Å². The van der Waals surface area contributed by atoms with Crippen molar-refractivity contribution in [1.29, 1.82) is 0 Å². The van der Waals surface area contributed by atoms with E-state index in [2.05, 4.69) is 29.3 Å². The second-order valence-electron chi connectivity index (χ2n) is 6.61. The van der Waals surface area contributed by atoms with Crippen molar-refractivity contribution in [3.63, 3.8) is 0 Å². The van der Waals surface area contributed by atoms with Crippen molar-refractivity contribution < 1.29 is 13.9 Å². The number of aryl methyl sites for hydroxylation is 2. The van der Waals surface area contributed by atoms with Gasteiger partial charge in [0.2, 0.25) is 17.7 Å². The molecule has 1 aliphatic heterocycles. The molecule has 0 radical (unpaired) electrons. The normalized spacial score (nSPS) is 26.4. The predicted molar refractivity (Wildman–Crippen MR) is 86.3 cm³/mol. The summed E-state index contributed by atoms with van der Waals surface area (Å²) >= 11 is 0. The van der Waals surface area contributed by atoms with Crippen molar-refractivity contribution in [3.8, 4) is 0 Å². The monoisotopic (exact) mass is 327 g/mol. The Balaban J connectivity index is 1.43. The Morgan fingerprint density at radius 3 is 2.83 bits per heavy atom. The maximum absolute atomic E-state index is 12.8. The van der Waals surface area contributed by atoms with Gasteiger partial charge in [0.1, 0.15) is 0 Å². The van der Waals surface area contributed by atoms with Crippen LogP contribution in [0.3, 0.4) is 0 Å². The average Bonchev–Trinajstić information content (AvgIpc) is 3.27. The molecule has 4 rings (SSSR count). The largest absolute Gasteiger partial charge is 0.423 e. The molecule has 0 spiro atoms. The second kappa shape index (κ2) is 6.02. The molecule has 3 unspecified atom stereocenters. The van der Waals surface area contributed by atoms with Crippen LogP contribution in [0.25, 0.3) is 0 Å². The number of aromatic nitrogens is 2. The zero-order valence-electron chi connectivity index (χ0n) is 13.9. The molecule has 2 aromatic rings. The number of hydrogen-bond donors (Lipinski definition) is 0. The Kier molecular flexibility index (Phi) is 3.84. The summed E-state index contributed by atoms with van der Waals surface area (Å²) in [5.74, 6) is 1.63. The van der Waals surface area contributed by atoms with E-state index in [1.54, 1.807) is 6.92 Å². The molecule has 2 heterocycles. The van der Waals surface area contributed by atoms with Crippen LogP contribution in [0.1, 0.15) is 41.4 Å². The number of carbonyl (C=O) groups excluding carboxylic acids is 1. The molecule has 2 aliphatic rings. The quantitative estimate of drug-likeness (QED) is 0.866. The van der Waals surface area contributed by atoms with Crippen molar-refractivity contribution in [2.24, 2.45) is 5.92 Å². The second-order valence-corrected chi connectivity index (χ2v) is 6.61. The van der Waals surface area contributed by atoms with Crippen LogP contribution in [-0.4, -0.2) is 40.7 Å². The third kappa shape index (κ3) is 2.82. The van der Waals surface area contributed by atoms with Crippen LogP contribution in [0.15, 0.2) is 28.7 Å². The molecule has 126 valence electrons. The summed E-state index contributed by atoms with van der Waals surface area (Å²) < 4.78 is 11.1. The molecule has 1 amide bonds. The first-order chi connectivity index (χ1) is 11.6. The van der Waals surface area contributed by atoms with Crippen molar-refractivity contribution in [1.82, 2.24) is 15.1 Å². The van der Waals surface area contributed by atoms with E-state index in [0.717, 1.165) is 6.42 Å². The standard InChI is InChI=1S/C18H21N3O3/c1-11-5-3-4-6-13(11)14-9-15(14)18(22)21-7-8-23-16(10-21)17-20-19-12(2)24-17/h3-6,14-16H,7-10H2,1-2H3. The van der Waals surface area contributed by atoms with Gasteiger partial charge in [-0.05, 0) is 30.4 Å². The molecule has 6 nitrogen and oxygen atoms in total. The minimum absolute atomic E-state index is 0.0919. The zero-order valence-corrected chi connectivity index (χ0v) is 13.9. The molecule has 1 saturated carbocycles. The van der Waals surface area contributed by atoms with Crippen LogP contribution < -0.4 is 0 Å². The number of ether oxygens (including phenoxy) is 1. The number of morpholine rings is 1. The SMILES string of the molecule is Cc1nnc(C2CN(C(=O)C3CC3c3ccccc3C)CCO2)o1. The van der Waals surface area contributed by atoms with Crippen LogP contribution in [0.4, 0.5) is 0 Å². The van der Waals surface area contributed by atoms with Crippen molar-refractivity contribution in [2.45, 2.75) is 32.3 Å². The Hall–Kier alpha value is -2.21. The fourth-order valence-electron chi connectivity index (χ4n) is 3.49. The highest BCUT2D eigenvalue weighted by Crippen LogP contribution is 2.49. The van der Waals surface area contributed by atoms with Crippen LogP contribution in [0, 0.1) is 19.8 Å². The van der Waals surface area contributed by atoms with Crippen LogP contribution in [0.5, 0.6) is 0 Å². The fourth-order valence-corrected chi connectivity index (χ4v) is 3.49. The number of carbonyl (C=O) groups is 1. The summed E-state index contributed by atoms with van der Waals surface area (Å²) in [5, 5.41) is 7.86. The lowest BCUT2D eigenvalue weighted by atomic mass is 10.0. The smallest absolute Gasteiger partial charge is 0.246 e. The van der Waals surface area contributed by atoms with Crippen molar-refractivity contribution in [2.75, 3.05) is 19.7 Å². The van der Waals surface area contributed by atoms with Crippen LogP contribution >= 0.6 is 0 Å². The lowest BCUT2D eigenvalue weighted by molar-refractivity contribution is -0.141. The van der Waals surface area contributed by atoms with Gasteiger partial charge in [-0.25, -0.2) is 0 Å². The number of benzene rings is 1. The third-order valence-electron chi connectivity index (χ3n) is 4.89.